The van der Waals surface area contributed by atoms with Crippen molar-refractivity contribution in [3.63, 3.8) is 0 Å². The minimum absolute atomic E-state index is 0. The standard InChI is InChI=1S/C19H27ClN4O2.C18H26ClN3O4.C18H28ClN3O2.C11H22N2O2.C7H5Cl2NO2.C7H7ClN2O2.C7H8N2O2.C7H7NO2.C4H4ClNO2.CBrN.CH4/c1-12-9-14(20)16-15(10-12)22-17(21)24(16)13-7-5-6-8-23(11-13)18(25)26-19(2,3)4;1-12-9-14(19)16(15(10-12)22(24)25)20-13-7-5-6-8-21(11-13)17(23)26-18(2,3)4;1-12-9-14(19)16(15(20)10-12)21-13-7-5-6-8-22(11-13)17(23)24-18(2,3)4;1-11(2,3)15-10(14)13-7-5-4-6-9(12)8-13;2*1-4-2-5(8)7(9)6(3-4)10(11)12;1-5-2-3-6(8)7(4-5)9(10)11;1-6-4-7(10-5-9)2-3-8-6;5-6-3(7)1-2-4(6)8;2-1-3;/h9-10,13H,5-8,11H2,1-4H3,(H2,21,22);9-10,13,20H,5-8,11H2,1-4H3;9-10,13,21H,5-8,11,20H2,1-4H3;9H,4-8,12H2,1-3H3;2-3H,1H3;2-3H,9H2,1H3;2-4H,8H2,1H3;2-5H,1H3;1-2H2;;1H4/t3*13-;9-;;;;;;;/m1111......./s1. The second-order valence-electron chi connectivity index (χ2n) is 38.9. The number of anilines is 6. The quantitative estimate of drug-likeness (QED) is 0.0120. The van der Waals surface area contributed by atoms with Crippen LogP contribution in [0.25, 0.3) is 11.0 Å². The summed E-state index contributed by atoms with van der Waals surface area (Å²) in [6.07, 6.45) is 12.5. The summed E-state index contributed by atoms with van der Waals surface area (Å²) in [7, 11) is 0. The number of amides is 6. The van der Waals surface area contributed by atoms with Gasteiger partial charge in [-0.1, -0.05) is 89.5 Å². The fourth-order valence-electron chi connectivity index (χ4n) is 14.8. The fourth-order valence-corrected chi connectivity index (χ4v) is 16.7. The predicted octanol–water partition coefficient (Wildman–Crippen LogP) is 25.0. The van der Waals surface area contributed by atoms with Gasteiger partial charge in [0, 0.05) is 153 Å². The third kappa shape index (κ3) is 46.0. The van der Waals surface area contributed by atoms with Gasteiger partial charge in [0.15, 0.2) is 0 Å². The molecule has 6 aromatic carbocycles. The molecule has 7 heterocycles. The van der Waals surface area contributed by atoms with Gasteiger partial charge in [0.25, 0.3) is 29.2 Å². The SMILES string of the molecule is C.CC(C)(C)OC(=O)N1CCCC[C@@H](N)C1.Cc1cc(Cl)c(Cl)c([N+](=O)[O-])c1.Cc1cc(Cl)c(N)c([N+](=O)[O-])c1.Cc1cc(Cl)c(N[C@@H]2CCCCN(C(=O)OC(C)(C)C)C2)c([N+](=O)[O-])c1.Cc1cc(Cl)c2c(c1)nc(N)n2[C@@H]1CCCCN(C(=O)OC(C)(C)C)C1.Cc1cc(N)c(N[C@@H]2CCCCN(C(=O)OC(C)(C)C)C2)c(Cl)c1.Cc1cc(OC=O)ccn1.Cc1ccc(N)c([N+](=O)[O-])c1.N#CBr.O=C1CCC(=O)N1Cl. The molecule has 5 saturated heterocycles. The third-order valence-electron chi connectivity index (χ3n) is 21.2. The summed E-state index contributed by atoms with van der Waals surface area (Å²) in [5, 5.41) is 58.3. The Bertz CT molecular complexity index is 5810. The smallest absolute Gasteiger partial charge is 0.410 e. The Hall–Kier alpha value is -12.0. The molecule has 0 unspecified atom stereocenters. The van der Waals surface area contributed by atoms with Crippen LogP contribution >= 0.6 is 97.3 Å². The molecule has 148 heavy (non-hydrogen) atoms. The van der Waals surface area contributed by atoms with E-state index in [-0.39, 0.29) is 130 Å². The van der Waals surface area contributed by atoms with Crippen LogP contribution in [0, 0.1) is 99.2 Å². The van der Waals surface area contributed by atoms with E-state index in [4.69, 9.17) is 134 Å². The summed E-state index contributed by atoms with van der Waals surface area (Å²) in [4.78, 5) is 137. The summed E-state index contributed by atoms with van der Waals surface area (Å²) >= 11 is 43.5. The van der Waals surface area contributed by atoms with Crippen LogP contribution in [0.1, 0.15) is 226 Å². The monoisotopic (exact) mass is 2260 g/mol. The molecule has 6 amide bonds. The van der Waals surface area contributed by atoms with Crippen molar-refractivity contribution in [2.75, 3.05) is 85.9 Å². The largest absolute Gasteiger partial charge is 0.444 e. The number of nitro benzene ring substituents is 4. The van der Waals surface area contributed by atoms with Crippen LogP contribution in [-0.4, -0.2) is 194 Å². The van der Waals surface area contributed by atoms with Crippen LogP contribution in [0.5, 0.6) is 5.75 Å². The Balaban J connectivity index is 0.000000437. The minimum atomic E-state index is -0.564. The van der Waals surface area contributed by atoms with Crippen molar-refractivity contribution in [1.82, 2.24) is 38.6 Å². The normalized spacial score (nSPS) is 16.0. The highest BCUT2D eigenvalue weighted by Gasteiger charge is 2.35. The molecule has 814 valence electrons. The number of aryl methyl sites for hydroxylation is 7. The number of imidazole rings is 1. The third-order valence-corrected chi connectivity index (χ3v) is 23.5. The number of fused-ring (bicyclic) bond motifs is 1. The average molecular weight is 2270 g/mol. The number of nitro groups is 4. The number of hydrogen-bond acceptors (Lipinski definition) is 30. The molecule has 5 aliphatic rings. The van der Waals surface area contributed by atoms with E-state index in [1.165, 1.54) is 30.3 Å². The second kappa shape index (κ2) is 61.2. The molecule has 13 rings (SSSR count). The van der Waals surface area contributed by atoms with Gasteiger partial charge in [0.2, 0.25) is 17.8 Å². The van der Waals surface area contributed by atoms with Crippen molar-refractivity contribution in [1.29, 1.82) is 5.26 Å². The second-order valence-corrected chi connectivity index (χ2v) is 42.0. The van der Waals surface area contributed by atoms with Crippen LogP contribution in [0.3, 0.4) is 0 Å². The van der Waals surface area contributed by atoms with E-state index in [0.717, 1.165) is 139 Å². The highest BCUT2D eigenvalue weighted by molar-refractivity contribution is 9.12. The van der Waals surface area contributed by atoms with Crippen molar-refractivity contribution < 1.29 is 76.9 Å². The van der Waals surface area contributed by atoms with Crippen molar-refractivity contribution >= 4 is 208 Å². The van der Waals surface area contributed by atoms with Crippen LogP contribution in [0.2, 0.25) is 30.1 Å². The zero-order valence-corrected chi connectivity index (χ0v) is 92.9. The predicted molar refractivity (Wildman–Crippen MR) is 587 cm³/mol. The lowest BCUT2D eigenvalue weighted by Gasteiger charge is -2.29. The number of nitrogens with zero attached hydrogens (tertiary/aromatic N) is 13. The van der Waals surface area contributed by atoms with Crippen LogP contribution in [0.4, 0.5) is 76.3 Å². The van der Waals surface area contributed by atoms with Crippen molar-refractivity contribution in [3.05, 3.63) is 207 Å². The Morgan fingerprint density at radius 2 is 0.858 bits per heavy atom. The fraction of sp³-hybridized carbons (Fsp3) is 0.500. The molecular formula is C100H138BrCl7N20O20. The maximum Gasteiger partial charge on any atom is 0.410 e. The molecular weight excluding hydrogens is 2130 g/mol. The van der Waals surface area contributed by atoms with Gasteiger partial charge in [-0.15, -0.1) is 0 Å². The molecule has 2 aromatic heterocycles. The van der Waals surface area contributed by atoms with Crippen LogP contribution < -0.4 is 44.0 Å². The number of carbonyl (C=O) groups excluding carboxylic acids is 7. The van der Waals surface area contributed by atoms with Gasteiger partial charge in [0.05, 0.1) is 73.3 Å². The number of nitriles is 1. The number of aromatic nitrogens is 3. The van der Waals surface area contributed by atoms with E-state index in [0.29, 0.717) is 94.8 Å². The van der Waals surface area contributed by atoms with E-state index in [2.05, 4.69) is 41.3 Å². The van der Waals surface area contributed by atoms with Crippen LogP contribution in [0.15, 0.2) is 97.2 Å². The lowest BCUT2D eigenvalue weighted by atomic mass is 10.1. The highest BCUT2D eigenvalue weighted by Crippen LogP contribution is 2.40. The van der Waals surface area contributed by atoms with Crippen molar-refractivity contribution in [2.45, 2.75) is 275 Å². The maximum atomic E-state index is 12.6. The first kappa shape index (κ1) is 130. The first-order chi connectivity index (χ1) is 68.4. The Morgan fingerprint density at radius 3 is 1.28 bits per heavy atom. The molecule has 5 fully saturated rings. The first-order valence-corrected chi connectivity index (χ1v) is 50.3. The van der Waals surface area contributed by atoms with E-state index >= 15 is 0 Å². The van der Waals surface area contributed by atoms with Gasteiger partial charge in [-0.25, -0.2) is 24.2 Å². The van der Waals surface area contributed by atoms with Gasteiger partial charge in [-0.05, 0) is 290 Å². The summed E-state index contributed by atoms with van der Waals surface area (Å²) in [6, 6.07) is 25.0. The molecule has 4 atom stereocenters. The van der Waals surface area contributed by atoms with Gasteiger partial charge in [0.1, 0.15) is 55.2 Å². The number of halogens is 8. The van der Waals surface area contributed by atoms with Gasteiger partial charge < -0.3 is 87.2 Å². The number of likely N-dealkylation sites (tertiary alicyclic amines) is 4. The molecule has 0 radical (unpaired) electrons. The molecule has 0 aliphatic carbocycles. The Labute approximate surface area is 907 Å². The number of benzene rings is 6. The van der Waals surface area contributed by atoms with E-state index in [1.807, 2.05) is 133 Å². The molecule has 8 aromatic rings. The van der Waals surface area contributed by atoms with E-state index in [1.54, 1.807) is 94.9 Å². The molecule has 0 saturated carbocycles. The lowest BCUT2D eigenvalue weighted by molar-refractivity contribution is -0.384. The Morgan fingerprint density at radius 1 is 0.480 bits per heavy atom. The zero-order chi connectivity index (χ0) is 111. The maximum absolute atomic E-state index is 12.6. The molecule has 5 aliphatic heterocycles. The minimum Gasteiger partial charge on any atom is -0.444 e. The Kier molecular flexibility index (Phi) is 53.8. The van der Waals surface area contributed by atoms with E-state index < -0.39 is 42.1 Å². The number of carbonyl (C=O) groups is 7. The number of nitrogens with one attached hydrogen (secondary N) is 2. The molecule has 0 bridgehead atoms. The summed E-state index contributed by atoms with van der Waals surface area (Å²) < 4.78 is 29.0. The number of hydrogen-bond donors (Lipinski definition) is 7. The first-order valence-electron chi connectivity index (χ1n) is 46.9. The number of ether oxygens (including phenoxy) is 5. The van der Waals surface area contributed by atoms with Gasteiger partial charge in [-0.3, -0.25) is 59.8 Å². The van der Waals surface area contributed by atoms with E-state index in [9.17, 15) is 74.0 Å². The van der Waals surface area contributed by atoms with Gasteiger partial charge in [-0.2, -0.15) is 9.68 Å². The molecule has 0 spiro atoms. The topological polar surface area (TPSA) is 563 Å². The zero-order valence-electron chi connectivity index (χ0n) is 86.1. The van der Waals surface area contributed by atoms with Crippen molar-refractivity contribution in [3.8, 4) is 10.7 Å². The molecule has 48 heteroatoms. The average Bonchev–Trinajstić information content (AvgIpc) is 1.62. The number of imide groups is 1. The molecule has 40 nitrogen and oxygen atoms in total. The molecule has 12 N–H and O–H groups in total. The number of pyridine rings is 1. The van der Waals surface area contributed by atoms with Gasteiger partial charge >= 0.3 is 24.4 Å². The lowest BCUT2D eigenvalue weighted by Crippen LogP contribution is -2.42. The van der Waals surface area contributed by atoms with Crippen molar-refractivity contribution in [2.24, 2.45) is 5.73 Å². The number of rotatable bonds is 11. The summed E-state index contributed by atoms with van der Waals surface area (Å²) in [5.74, 6) is 0.374. The van der Waals surface area contributed by atoms with Crippen LogP contribution in [-0.2, 0) is 33.3 Å². The number of nitrogen functional groups attached to an aromatic ring is 4. The summed E-state index contributed by atoms with van der Waals surface area (Å²) in [5.41, 5.74) is 36.0. The summed E-state index contributed by atoms with van der Waals surface area (Å²) in [6.45, 7) is 40.5. The highest BCUT2D eigenvalue weighted by atomic mass is 79.9. The number of nitrogens with two attached hydrogens (primary N) is 5.